The van der Waals surface area contributed by atoms with E-state index in [4.69, 9.17) is 16.3 Å². The first-order valence-electron chi connectivity index (χ1n) is 6.51. The zero-order valence-electron chi connectivity index (χ0n) is 11.6. The molecule has 110 valence electrons. The Kier molecular flexibility index (Phi) is 7.12. The van der Waals surface area contributed by atoms with Gasteiger partial charge in [-0.15, -0.1) is 6.58 Å². The number of amides is 1. The van der Waals surface area contributed by atoms with Crippen LogP contribution in [-0.2, 0) is 11.2 Å². The molecule has 4 nitrogen and oxygen atoms in total. The van der Waals surface area contributed by atoms with Crippen molar-refractivity contribution in [2.24, 2.45) is 0 Å². The number of ether oxygens (including phenoxy) is 1. The number of rotatable bonds is 8. The Hall–Kier alpha value is -1.52. The van der Waals surface area contributed by atoms with E-state index in [0.717, 1.165) is 5.56 Å². The van der Waals surface area contributed by atoms with Crippen LogP contribution in [-0.4, -0.2) is 35.5 Å². The van der Waals surface area contributed by atoms with Crippen LogP contribution in [0.5, 0.6) is 0 Å². The summed E-state index contributed by atoms with van der Waals surface area (Å²) >= 11 is 5.85. The lowest BCUT2D eigenvalue weighted by molar-refractivity contribution is 0.0175. The molecule has 1 atom stereocenters. The lowest BCUT2D eigenvalue weighted by Gasteiger charge is -2.28. The van der Waals surface area contributed by atoms with Crippen molar-refractivity contribution >= 4 is 17.7 Å². The highest BCUT2D eigenvalue weighted by Crippen LogP contribution is 2.16. The molecule has 0 aromatic heterocycles. The molecule has 1 unspecified atom stereocenters. The summed E-state index contributed by atoms with van der Waals surface area (Å²) in [6, 6.07) is 7.21. The van der Waals surface area contributed by atoms with Crippen molar-refractivity contribution in [2.75, 3.05) is 13.3 Å². The summed E-state index contributed by atoms with van der Waals surface area (Å²) in [4.78, 5) is 12.7. The third-order valence-corrected chi connectivity index (χ3v) is 3.20. The molecule has 0 fully saturated rings. The van der Waals surface area contributed by atoms with Crippen molar-refractivity contribution < 1.29 is 14.6 Å². The first-order chi connectivity index (χ1) is 9.58. The average molecular weight is 298 g/mol. The molecule has 5 heteroatoms. The molecule has 0 aliphatic heterocycles. The molecule has 1 N–H and O–H groups in total. The van der Waals surface area contributed by atoms with E-state index in [-0.39, 0.29) is 12.8 Å². The number of hydrogen-bond acceptors (Lipinski definition) is 2. The Morgan fingerprint density at radius 3 is 2.65 bits per heavy atom. The van der Waals surface area contributed by atoms with Crippen molar-refractivity contribution in [1.29, 1.82) is 0 Å². The van der Waals surface area contributed by atoms with Crippen LogP contribution >= 0.6 is 11.6 Å². The van der Waals surface area contributed by atoms with Crippen LogP contribution in [0.2, 0.25) is 5.02 Å². The van der Waals surface area contributed by atoms with Gasteiger partial charge >= 0.3 is 6.09 Å². The number of carboxylic acid groups (broad SMARTS) is 1. The zero-order valence-corrected chi connectivity index (χ0v) is 12.3. The SMILES string of the molecule is C=CCC(Cc1ccc(Cl)cc1)N(COCC)C(=O)O. The Morgan fingerprint density at radius 1 is 1.50 bits per heavy atom. The monoisotopic (exact) mass is 297 g/mol. The molecule has 0 saturated heterocycles. The second kappa shape index (κ2) is 8.61. The first kappa shape index (κ1) is 16.5. The van der Waals surface area contributed by atoms with Gasteiger partial charge < -0.3 is 9.84 Å². The normalized spacial score (nSPS) is 11.9. The van der Waals surface area contributed by atoms with Gasteiger partial charge in [0.1, 0.15) is 6.73 Å². The predicted molar refractivity (Wildman–Crippen MR) is 80.1 cm³/mol. The zero-order chi connectivity index (χ0) is 15.0. The summed E-state index contributed by atoms with van der Waals surface area (Å²) in [5.74, 6) is 0. The minimum atomic E-state index is -0.987. The van der Waals surface area contributed by atoms with Crippen LogP contribution in [0.25, 0.3) is 0 Å². The molecular formula is C15H20ClNO3. The quantitative estimate of drug-likeness (QED) is 0.586. The largest absolute Gasteiger partial charge is 0.465 e. The topological polar surface area (TPSA) is 49.8 Å². The van der Waals surface area contributed by atoms with Crippen LogP contribution in [0.3, 0.4) is 0 Å². The summed E-state index contributed by atoms with van der Waals surface area (Å²) in [5.41, 5.74) is 1.03. The van der Waals surface area contributed by atoms with Crippen molar-refractivity contribution in [3.8, 4) is 0 Å². The molecule has 20 heavy (non-hydrogen) atoms. The highest BCUT2D eigenvalue weighted by Gasteiger charge is 2.22. The molecule has 1 aromatic carbocycles. The van der Waals surface area contributed by atoms with Gasteiger partial charge in [-0.3, -0.25) is 4.90 Å². The van der Waals surface area contributed by atoms with Crippen molar-refractivity contribution in [2.45, 2.75) is 25.8 Å². The standard InChI is InChI=1S/C15H20ClNO3/c1-3-5-14(17(15(18)19)11-20-4-2)10-12-6-8-13(16)9-7-12/h3,6-9,14H,1,4-5,10-11H2,2H3,(H,18,19). The van der Waals surface area contributed by atoms with Gasteiger partial charge in [0.25, 0.3) is 0 Å². The summed E-state index contributed by atoms with van der Waals surface area (Å²) in [5, 5.41) is 9.97. The summed E-state index contributed by atoms with van der Waals surface area (Å²) in [7, 11) is 0. The minimum absolute atomic E-state index is 0.0674. The fourth-order valence-electron chi connectivity index (χ4n) is 1.91. The van der Waals surface area contributed by atoms with Gasteiger partial charge in [-0.2, -0.15) is 0 Å². The van der Waals surface area contributed by atoms with Crippen LogP contribution in [0.1, 0.15) is 18.9 Å². The first-order valence-corrected chi connectivity index (χ1v) is 6.89. The van der Waals surface area contributed by atoms with E-state index in [0.29, 0.717) is 24.5 Å². The number of nitrogens with zero attached hydrogens (tertiary/aromatic N) is 1. The minimum Gasteiger partial charge on any atom is -0.465 e. The molecule has 0 saturated carbocycles. The fourth-order valence-corrected chi connectivity index (χ4v) is 2.04. The van der Waals surface area contributed by atoms with Gasteiger partial charge in [0.05, 0.1) is 0 Å². The van der Waals surface area contributed by atoms with Crippen LogP contribution in [0, 0.1) is 0 Å². The van der Waals surface area contributed by atoms with Crippen molar-refractivity contribution in [1.82, 2.24) is 4.90 Å². The van der Waals surface area contributed by atoms with Crippen molar-refractivity contribution in [3.63, 3.8) is 0 Å². The second-order valence-corrected chi connectivity index (χ2v) is 4.82. The molecule has 0 spiro atoms. The van der Waals surface area contributed by atoms with E-state index in [1.807, 2.05) is 19.1 Å². The van der Waals surface area contributed by atoms with E-state index in [1.54, 1.807) is 18.2 Å². The molecule has 0 heterocycles. The fraction of sp³-hybridized carbons (Fsp3) is 0.400. The number of benzene rings is 1. The van der Waals surface area contributed by atoms with E-state index >= 15 is 0 Å². The van der Waals surface area contributed by atoms with E-state index in [2.05, 4.69) is 6.58 Å². The maximum Gasteiger partial charge on any atom is 0.409 e. The molecule has 1 aromatic rings. The molecule has 0 aliphatic carbocycles. The summed E-state index contributed by atoms with van der Waals surface area (Å²) in [6.07, 6.45) is 1.91. The van der Waals surface area contributed by atoms with Crippen LogP contribution in [0.15, 0.2) is 36.9 Å². The molecule has 1 rings (SSSR count). The van der Waals surface area contributed by atoms with Crippen LogP contribution < -0.4 is 0 Å². The molecule has 0 aliphatic rings. The van der Waals surface area contributed by atoms with Gasteiger partial charge in [0.15, 0.2) is 0 Å². The van der Waals surface area contributed by atoms with E-state index in [1.165, 1.54) is 4.90 Å². The third-order valence-electron chi connectivity index (χ3n) is 2.94. The maximum absolute atomic E-state index is 11.4. The Bertz CT molecular complexity index is 433. The Labute approximate surface area is 124 Å². The molecule has 0 bridgehead atoms. The molecule has 0 radical (unpaired) electrons. The highest BCUT2D eigenvalue weighted by atomic mass is 35.5. The Balaban J connectivity index is 2.81. The van der Waals surface area contributed by atoms with E-state index in [9.17, 15) is 9.90 Å². The van der Waals surface area contributed by atoms with Crippen LogP contribution in [0.4, 0.5) is 4.79 Å². The maximum atomic E-state index is 11.4. The smallest absolute Gasteiger partial charge is 0.409 e. The average Bonchev–Trinajstić information content (AvgIpc) is 2.41. The number of hydrogen-bond donors (Lipinski definition) is 1. The predicted octanol–water partition coefficient (Wildman–Crippen LogP) is 3.80. The summed E-state index contributed by atoms with van der Waals surface area (Å²) in [6.45, 7) is 6.08. The highest BCUT2D eigenvalue weighted by molar-refractivity contribution is 6.30. The lowest BCUT2D eigenvalue weighted by atomic mass is 10.0. The van der Waals surface area contributed by atoms with Crippen molar-refractivity contribution in [3.05, 3.63) is 47.5 Å². The lowest BCUT2D eigenvalue weighted by Crippen LogP contribution is -2.42. The molecular weight excluding hydrogens is 278 g/mol. The second-order valence-electron chi connectivity index (χ2n) is 4.38. The molecule has 1 amide bonds. The van der Waals surface area contributed by atoms with Gasteiger partial charge in [0.2, 0.25) is 0 Å². The van der Waals surface area contributed by atoms with Gasteiger partial charge in [-0.05, 0) is 37.5 Å². The summed E-state index contributed by atoms with van der Waals surface area (Å²) < 4.78 is 5.23. The van der Waals surface area contributed by atoms with Gasteiger partial charge in [0, 0.05) is 17.7 Å². The van der Waals surface area contributed by atoms with Gasteiger partial charge in [-0.25, -0.2) is 4.79 Å². The van der Waals surface area contributed by atoms with E-state index < -0.39 is 6.09 Å². The Morgan fingerprint density at radius 2 is 2.15 bits per heavy atom. The number of halogens is 1. The third kappa shape index (κ3) is 5.23. The van der Waals surface area contributed by atoms with Gasteiger partial charge in [-0.1, -0.05) is 29.8 Å². The number of carbonyl (C=O) groups is 1.